The topological polar surface area (TPSA) is 158 Å². The number of aryl methyl sites for hydroxylation is 2. The van der Waals surface area contributed by atoms with E-state index in [1.165, 1.54) is 6.33 Å². The Morgan fingerprint density at radius 1 is 1.18 bits per heavy atom. The summed E-state index contributed by atoms with van der Waals surface area (Å²) in [5, 5.41) is 9.64. The maximum Gasteiger partial charge on any atom is 0.272 e. The molecule has 6 heterocycles. The number of hydrogen-bond acceptors (Lipinski definition) is 9. The highest BCUT2D eigenvalue weighted by molar-refractivity contribution is 6.07. The normalized spacial score (nSPS) is 14.4. The Hall–Kier alpha value is -5.30. The highest BCUT2D eigenvalue weighted by Crippen LogP contribution is 2.37. The van der Waals surface area contributed by atoms with Gasteiger partial charge in [-0.15, -0.1) is 0 Å². The van der Waals surface area contributed by atoms with Crippen LogP contribution in [0.4, 0.5) is 11.5 Å². The summed E-state index contributed by atoms with van der Waals surface area (Å²) in [5.74, 6) is 1.54. The van der Waals surface area contributed by atoms with Gasteiger partial charge in [0, 0.05) is 56.2 Å². The molecular formula is C31H33N11O2. The first-order valence-electron chi connectivity index (χ1n) is 14.5. The molecule has 1 amide bonds. The number of aromatic amines is 1. The van der Waals surface area contributed by atoms with Crippen molar-refractivity contribution in [2.24, 2.45) is 7.05 Å². The number of carbonyl (C=O) groups is 1. The molecule has 1 fully saturated rings. The lowest BCUT2D eigenvalue weighted by Crippen LogP contribution is -2.34. The molecule has 1 aliphatic rings. The molecule has 1 aliphatic heterocycles. The molecule has 224 valence electrons. The van der Waals surface area contributed by atoms with Crippen molar-refractivity contribution >= 4 is 39.3 Å². The second kappa shape index (κ2) is 11.1. The van der Waals surface area contributed by atoms with Crippen LogP contribution in [-0.4, -0.2) is 70.3 Å². The lowest BCUT2D eigenvalue weighted by atomic mass is 10.0. The predicted molar refractivity (Wildman–Crippen MR) is 167 cm³/mol. The number of likely N-dealkylation sites (tertiary alicyclic amines) is 1. The van der Waals surface area contributed by atoms with Gasteiger partial charge in [0.25, 0.3) is 5.91 Å². The summed E-state index contributed by atoms with van der Waals surface area (Å²) in [5.41, 5.74) is 11.6. The molecule has 0 aliphatic carbocycles. The van der Waals surface area contributed by atoms with Crippen molar-refractivity contribution in [1.29, 1.82) is 0 Å². The lowest BCUT2D eigenvalue weighted by Gasteiger charge is -2.31. The number of nitrogens with two attached hydrogens (primary N) is 1. The summed E-state index contributed by atoms with van der Waals surface area (Å²) >= 11 is 0. The van der Waals surface area contributed by atoms with E-state index in [0.717, 1.165) is 60.5 Å². The van der Waals surface area contributed by atoms with Gasteiger partial charge in [-0.3, -0.25) is 14.7 Å². The van der Waals surface area contributed by atoms with Crippen LogP contribution in [0.3, 0.4) is 0 Å². The Morgan fingerprint density at radius 3 is 2.77 bits per heavy atom. The monoisotopic (exact) mass is 591 g/mol. The molecule has 0 spiro atoms. The number of pyridine rings is 1. The molecule has 4 N–H and O–H groups in total. The Balaban J connectivity index is 1.16. The predicted octanol–water partition coefficient (Wildman–Crippen LogP) is 4.09. The summed E-state index contributed by atoms with van der Waals surface area (Å²) in [6.07, 6.45) is 8.74. The number of H-pyrrole nitrogens is 1. The SMILES string of the molecule is COc1cc(-c2nn(C3CCN(Cc4c[nH]c(C)n4)CC3)c3ncnc(N)c23)ccc1NC(=O)c1cc2cnccc2n1C. The number of aromatic nitrogens is 8. The van der Waals surface area contributed by atoms with Gasteiger partial charge in [-0.05, 0) is 44.0 Å². The first kappa shape index (κ1) is 27.5. The Bertz CT molecular complexity index is 2000. The number of nitrogens with zero attached hydrogens (tertiary/aromatic N) is 8. The minimum absolute atomic E-state index is 0.161. The molecule has 0 unspecified atom stereocenters. The first-order valence-corrected chi connectivity index (χ1v) is 14.5. The van der Waals surface area contributed by atoms with Crippen LogP contribution in [0.5, 0.6) is 5.75 Å². The van der Waals surface area contributed by atoms with Crippen LogP contribution in [0.2, 0.25) is 0 Å². The van der Waals surface area contributed by atoms with E-state index < -0.39 is 0 Å². The molecule has 7 rings (SSSR count). The number of imidazole rings is 1. The number of hydrogen-bond donors (Lipinski definition) is 3. The van der Waals surface area contributed by atoms with Crippen molar-refractivity contribution in [3.8, 4) is 17.0 Å². The standard InChI is InChI=1S/C31H33N11O2/c1-18-34-15-21(37-18)16-41-10-7-22(8-11-41)42-30-27(29(32)35-17-36-30)28(39-42)19-4-5-23(26(13-19)44-3)38-31(43)25-12-20-14-33-9-6-24(20)40(25)2/h4-6,9,12-15,17,22H,7-8,10-11,16H2,1-3H3,(H,34,37)(H,38,43)(H2,32,35,36). The number of carbonyl (C=O) groups excluding carboxylic acids is 1. The highest BCUT2D eigenvalue weighted by Gasteiger charge is 2.27. The lowest BCUT2D eigenvalue weighted by molar-refractivity contribution is 0.101. The van der Waals surface area contributed by atoms with Gasteiger partial charge in [-0.25, -0.2) is 19.6 Å². The fraction of sp³-hybridized carbons (Fsp3) is 0.290. The summed E-state index contributed by atoms with van der Waals surface area (Å²) < 4.78 is 9.56. The van der Waals surface area contributed by atoms with Gasteiger partial charge in [-0.1, -0.05) is 6.07 Å². The average Bonchev–Trinajstić information content (AvgIpc) is 3.73. The molecule has 0 radical (unpaired) electrons. The molecule has 0 bridgehead atoms. The van der Waals surface area contributed by atoms with Crippen LogP contribution < -0.4 is 15.8 Å². The number of piperidine rings is 1. The van der Waals surface area contributed by atoms with Crippen LogP contribution >= 0.6 is 0 Å². The third-order valence-electron chi connectivity index (χ3n) is 8.36. The second-order valence-corrected chi connectivity index (χ2v) is 11.1. The number of amides is 1. The van der Waals surface area contributed by atoms with Crippen molar-refractivity contribution < 1.29 is 9.53 Å². The van der Waals surface area contributed by atoms with Gasteiger partial charge in [0.05, 0.1) is 35.4 Å². The van der Waals surface area contributed by atoms with E-state index in [1.807, 2.05) is 59.7 Å². The zero-order valence-electron chi connectivity index (χ0n) is 24.8. The quantitative estimate of drug-likeness (QED) is 0.249. The third kappa shape index (κ3) is 4.90. The molecule has 6 aromatic rings. The fourth-order valence-corrected chi connectivity index (χ4v) is 6.09. The summed E-state index contributed by atoms with van der Waals surface area (Å²) in [6, 6.07) is 9.43. The molecule has 13 nitrogen and oxygen atoms in total. The highest BCUT2D eigenvalue weighted by atomic mass is 16.5. The van der Waals surface area contributed by atoms with Gasteiger partial charge in [0.1, 0.15) is 35.1 Å². The maximum absolute atomic E-state index is 13.3. The van der Waals surface area contributed by atoms with Crippen molar-refractivity contribution in [3.05, 3.63) is 72.5 Å². The number of rotatable bonds is 7. The molecule has 0 saturated carbocycles. The van der Waals surface area contributed by atoms with E-state index in [-0.39, 0.29) is 11.9 Å². The average molecular weight is 592 g/mol. The smallest absolute Gasteiger partial charge is 0.272 e. The van der Waals surface area contributed by atoms with Crippen molar-refractivity contribution in [2.45, 2.75) is 32.4 Å². The molecule has 0 atom stereocenters. The molecule has 13 heteroatoms. The van der Waals surface area contributed by atoms with Gasteiger partial charge in [0.2, 0.25) is 0 Å². The molecule has 5 aromatic heterocycles. The molecular weight excluding hydrogens is 558 g/mol. The van der Waals surface area contributed by atoms with Crippen LogP contribution in [0.15, 0.2) is 55.2 Å². The second-order valence-electron chi connectivity index (χ2n) is 11.1. The zero-order chi connectivity index (χ0) is 30.4. The van der Waals surface area contributed by atoms with Gasteiger partial charge in [0.15, 0.2) is 5.65 Å². The van der Waals surface area contributed by atoms with E-state index in [9.17, 15) is 4.79 Å². The van der Waals surface area contributed by atoms with Crippen LogP contribution in [0.25, 0.3) is 33.2 Å². The molecule has 1 saturated heterocycles. The molecule has 44 heavy (non-hydrogen) atoms. The van der Waals surface area contributed by atoms with E-state index in [1.54, 1.807) is 19.5 Å². The van der Waals surface area contributed by atoms with Crippen LogP contribution in [-0.2, 0) is 13.6 Å². The van der Waals surface area contributed by atoms with Gasteiger partial charge < -0.3 is 25.3 Å². The minimum Gasteiger partial charge on any atom is -0.495 e. The third-order valence-corrected chi connectivity index (χ3v) is 8.36. The maximum atomic E-state index is 13.3. The number of fused-ring (bicyclic) bond motifs is 2. The van der Waals surface area contributed by atoms with Crippen molar-refractivity contribution in [3.63, 3.8) is 0 Å². The molecule has 1 aromatic carbocycles. The van der Waals surface area contributed by atoms with E-state index in [4.69, 9.17) is 15.6 Å². The Labute approximate surface area is 253 Å². The Kier molecular flexibility index (Phi) is 6.93. The first-order chi connectivity index (χ1) is 21.4. The van der Waals surface area contributed by atoms with Crippen molar-refractivity contribution in [1.82, 2.24) is 44.2 Å². The number of ether oxygens (including phenoxy) is 1. The van der Waals surface area contributed by atoms with E-state index in [0.29, 0.717) is 39.7 Å². The van der Waals surface area contributed by atoms with Crippen LogP contribution in [0, 0.1) is 6.92 Å². The van der Waals surface area contributed by atoms with Gasteiger partial charge in [-0.2, -0.15) is 5.10 Å². The summed E-state index contributed by atoms with van der Waals surface area (Å²) in [6.45, 7) is 4.62. The number of methoxy groups -OCH3 is 1. The van der Waals surface area contributed by atoms with E-state index >= 15 is 0 Å². The summed E-state index contributed by atoms with van der Waals surface area (Å²) in [4.78, 5) is 36.4. The number of anilines is 2. The number of benzene rings is 1. The summed E-state index contributed by atoms with van der Waals surface area (Å²) in [7, 11) is 3.43. The largest absolute Gasteiger partial charge is 0.495 e. The minimum atomic E-state index is -0.254. The van der Waals surface area contributed by atoms with Gasteiger partial charge >= 0.3 is 0 Å². The Morgan fingerprint density at radius 2 is 2.02 bits per heavy atom. The number of nitrogens with one attached hydrogen (secondary N) is 2. The van der Waals surface area contributed by atoms with Crippen molar-refractivity contribution in [2.75, 3.05) is 31.2 Å². The van der Waals surface area contributed by atoms with E-state index in [2.05, 4.69) is 35.1 Å². The fourth-order valence-electron chi connectivity index (χ4n) is 6.09. The zero-order valence-corrected chi connectivity index (χ0v) is 24.8. The van der Waals surface area contributed by atoms with Crippen LogP contribution in [0.1, 0.15) is 40.9 Å². The number of nitrogen functional groups attached to an aromatic ring is 1.